The Hall–Kier alpha value is -6.38. The monoisotopic (exact) mass is 613 g/mol. The molecule has 1 aliphatic rings. The van der Waals surface area contributed by atoms with Crippen molar-refractivity contribution in [3.63, 3.8) is 0 Å². The van der Waals surface area contributed by atoms with Crippen LogP contribution in [0.4, 0.5) is 17.1 Å². The molecule has 0 aromatic heterocycles. The van der Waals surface area contributed by atoms with Gasteiger partial charge in [0.05, 0.1) is 0 Å². The van der Waals surface area contributed by atoms with Gasteiger partial charge < -0.3 is 9.64 Å². The molecule has 0 N–H and O–H groups in total. The third-order valence-corrected chi connectivity index (χ3v) is 9.27. The molecule has 0 fully saturated rings. The minimum Gasteiger partial charge on any atom is -0.456 e. The van der Waals surface area contributed by atoms with E-state index in [2.05, 4.69) is 193 Å². The van der Waals surface area contributed by atoms with Crippen molar-refractivity contribution in [1.29, 1.82) is 0 Å². The molecular formula is C46H31NO. The molecule has 2 nitrogen and oxygen atoms in total. The van der Waals surface area contributed by atoms with Crippen LogP contribution in [0, 0.1) is 0 Å². The summed E-state index contributed by atoms with van der Waals surface area (Å²) in [7, 11) is 0. The summed E-state index contributed by atoms with van der Waals surface area (Å²) in [5.41, 5.74) is 12.7. The Balaban J connectivity index is 1.22. The first-order chi connectivity index (χ1) is 23.8. The molecule has 0 spiro atoms. The number of benzene rings is 8. The molecule has 1 heterocycles. The predicted molar refractivity (Wildman–Crippen MR) is 200 cm³/mol. The molecule has 0 atom stereocenters. The lowest BCUT2D eigenvalue weighted by atomic mass is 9.87. The number of anilines is 3. The minimum atomic E-state index is 0.862. The highest BCUT2D eigenvalue weighted by Crippen LogP contribution is 2.52. The van der Waals surface area contributed by atoms with Gasteiger partial charge in [-0.1, -0.05) is 140 Å². The summed E-state index contributed by atoms with van der Waals surface area (Å²) in [5, 5.41) is 2.32. The van der Waals surface area contributed by atoms with Crippen LogP contribution < -0.4 is 9.64 Å². The zero-order valence-corrected chi connectivity index (χ0v) is 26.3. The predicted octanol–water partition coefficient (Wildman–Crippen LogP) is 13.1. The van der Waals surface area contributed by atoms with E-state index in [0.717, 1.165) is 39.5 Å². The van der Waals surface area contributed by atoms with Crippen LogP contribution in [0.1, 0.15) is 0 Å². The zero-order chi connectivity index (χ0) is 31.9. The lowest BCUT2D eigenvalue weighted by molar-refractivity contribution is 0.487. The number of fused-ring (bicyclic) bond motifs is 2. The van der Waals surface area contributed by atoms with E-state index in [-0.39, 0.29) is 0 Å². The average molecular weight is 614 g/mol. The summed E-state index contributed by atoms with van der Waals surface area (Å²) in [6.45, 7) is 0. The highest BCUT2D eigenvalue weighted by atomic mass is 16.5. The fourth-order valence-corrected chi connectivity index (χ4v) is 6.94. The van der Waals surface area contributed by atoms with Crippen LogP contribution in [0.3, 0.4) is 0 Å². The molecule has 48 heavy (non-hydrogen) atoms. The van der Waals surface area contributed by atoms with Crippen molar-refractivity contribution < 1.29 is 4.74 Å². The summed E-state index contributed by atoms with van der Waals surface area (Å²) < 4.78 is 6.60. The maximum atomic E-state index is 6.60. The van der Waals surface area contributed by atoms with Crippen LogP contribution in [-0.2, 0) is 0 Å². The van der Waals surface area contributed by atoms with Gasteiger partial charge in [0, 0.05) is 33.6 Å². The number of rotatable bonds is 6. The van der Waals surface area contributed by atoms with Gasteiger partial charge >= 0.3 is 0 Å². The summed E-state index contributed by atoms with van der Waals surface area (Å²) in [6.07, 6.45) is 0. The van der Waals surface area contributed by atoms with Gasteiger partial charge in [0.2, 0.25) is 0 Å². The van der Waals surface area contributed by atoms with E-state index in [1.807, 2.05) is 0 Å². The molecule has 0 amide bonds. The van der Waals surface area contributed by atoms with Crippen molar-refractivity contribution in [2.24, 2.45) is 0 Å². The van der Waals surface area contributed by atoms with Gasteiger partial charge in [-0.05, 0) is 87.3 Å². The van der Waals surface area contributed by atoms with Crippen LogP contribution >= 0.6 is 0 Å². The number of ether oxygens (including phenoxy) is 1. The largest absolute Gasteiger partial charge is 0.456 e. The van der Waals surface area contributed by atoms with Crippen LogP contribution in [0.5, 0.6) is 11.5 Å². The van der Waals surface area contributed by atoms with Gasteiger partial charge in [-0.15, -0.1) is 0 Å². The van der Waals surface area contributed by atoms with E-state index in [1.54, 1.807) is 0 Å². The second-order valence-electron chi connectivity index (χ2n) is 12.2. The van der Waals surface area contributed by atoms with Gasteiger partial charge in [0.1, 0.15) is 11.5 Å². The summed E-state index contributed by atoms with van der Waals surface area (Å²) in [6, 6.07) is 66.8. The Kier molecular flexibility index (Phi) is 6.84. The molecule has 0 radical (unpaired) electrons. The van der Waals surface area contributed by atoms with E-state index in [4.69, 9.17) is 4.74 Å². The molecule has 8 aromatic carbocycles. The van der Waals surface area contributed by atoms with Crippen molar-refractivity contribution in [3.05, 3.63) is 188 Å². The normalized spacial score (nSPS) is 11.5. The van der Waals surface area contributed by atoms with Crippen LogP contribution in [0.2, 0.25) is 0 Å². The van der Waals surface area contributed by atoms with Crippen molar-refractivity contribution >= 4 is 27.8 Å². The molecule has 0 unspecified atom stereocenters. The maximum absolute atomic E-state index is 6.60. The van der Waals surface area contributed by atoms with E-state index >= 15 is 0 Å². The SMILES string of the molecule is c1ccc(-c2ccc(N(c3ccc(-c4ccccc4)cc3)c3ccc4c(c3)-c3c(-c5ccccc5)ccc5cccc(c35)O4)cc2)cc1. The number of nitrogens with zero attached hydrogens (tertiary/aromatic N) is 1. The highest BCUT2D eigenvalue weighted by Gasteiger charge is 2.25. The molecule has 9 rings (SSSR count). The Labute approximate surface area is 280 Å². The van der Waals surface area contributed by atoms with Gasteiger partial charge in [0.15, 0.2) is 0 Å². The van der Waals surface area contributed by atoms with Crippen LogP contribution in [0.25, 0.3) is 55.3 Å². The molecule has 1 aliphatic heterocycles. The smallest absolute Gasteiger partial charge is 0.135 e. The molecular weight excluding hydrogens is 583 g/mol. The van der Waals surface area contributed by atoms with Crippen LogP contribution in [0.15, 0.2) is 188 Å². The highest BCUT2D eigenvalue weighted by molar-refractivity contribution is 6.10. The quantitative estimate of drug-likeness (QED) is 0.185. The summed E-state index contributed by atoms with van der Waals surface area (Å²) in [4.78, 5) is 2.34. The average Bonchev–Trinajstić information content (AvgIpc) is 3.17. The van der Waals surface area contributed by atoms with Crippen molar-refractivity contribution in [1.82, 2.24) is 0 Å². The van der Waals surface area contributed by atoms with E-state index in [1.165, 1.54) is 44.3 Å². The number of hydrogen-bond donors (Lipinski definition) is 0. The first-order valence-corrected chi connectivity index (χ1v) is 16.3. The van der Waals surface area contributed by atoms with Gasteiger partial charge in [-0.2, -0.15) is 0 Å². The topological polar surface area (TPSA) is 12.5 Å². The minimum absolute atomic E-state index is 0.862. The van der Waals surface area contributed by atoms with Gasteiger partial charge in [-0.25, -0.2) is 0 Å². The Morgan fingerprint density at radius 2 is 0.854 bits per heavy atom. The maximum Gasteiger partial charge on any atom is 0.135 e. The molecule has 2 heteroatoms. The molecule has 226 valence electrons. The standard InChI is InChI=1S/C46H31NO/c1-4-11-32(12-5-1)34-19-24-38(25-20-34)47(39-26-21-35(22-27-39)33-13-6-2-7-14-33)40-28-30-43-42(31-40)46-41(36-15-8-3-9-16-36)29-23-37-17-10-18-44(48-43)45(37)46/h1-31H. The second kappa shape index (κ2) is 11.8. The zero-order valence-electron chi connectivity index (χ0n) is 26.3. The summed E-state index contributed by atoms with van der Waals surface area (Å²) >= 11 is 0. The third kappa shape index (κ3) is 4.92. The first kappa shape index (κ1) is 27.9. The van der Waals surface area contributed by atoms with Gasteiger partial charge in [-0.3, -0.25) is 0 Å². The lowest BCUT2D eigenvalue weighted by Gasteiger charge is -2.29. The number of hydrogen-bond acceptors (Lipinski definition) is 2. The molecule has 0 bridgehead atoms. The van der Waals surface area contributed by atoms with Crippen LogP contribution in [-0.4, -0.2) is 0 Å². The third-order valence-electron chi connectivity index (χ3n) is 9.27. The van der Waals surface area contributed by atoms with E-state index in [9.17, 15) is 0 Å². The first-order valence-electron chi connectivity index (χ1n) is 16.3. The van der Waals surface area contributed by atoms with E-state index < -0.39 is 0 Å². The molecule has 0 saturated heterocycles. The molecule has 8 aromatic rings. The Morgan fingerprint density at radius 3 is 1.44 bits per heavy atom. The van der Waals surface area contributed by atoms with Gasteiger partial charge in [0.25, 0.3) is 0 Å². The van der Waals surface area contributed by atoms with Crippen molar-refractivity contribution in [2.45, 2.75) is 0 Å². The van der Waals surface area contributed by atoms with Crippen molar-refractivity contribution in [3.8, 4) is 56.0 Å². The Bertz CT molecular complexity index is 2300. The fraction of sp³-hybridized carbons (Fsp3) is 0. The lowest BCUT2D eigenvalue weighted by Crippen LogP contribution is -2.10. The second-order valence-corrected chi connectivity index (χ2v) is 12.2. The Morgan fingerprint density at radius 1 is 0.333 bits per heavy atom. The fourth-order valence-electron chi connectivity index (χ4n) is 6.94. The van der Waals surface area contributed by atoms with E-state index in [0.29, 0.717) is 0 Å². The molecule has 0 saturated carbocycles. The summed E-state index contributed by atoms with van der Waals surface area (Å²) in [5.74, 6) is 1.76. The molecule has 0 aliphatic carbocycles. The van der Waals surface area contributed by atoms with Crippen molar-refractivity contribution in [2.75, 3.05) is 4.90 Å².